The molecule has 2 aliphatic rings. The van der Waals surface area contributed by atoms with Crippen molar-refractivity contribution in [3.8, 4) is 11.5 Å². The van der Waals surface area contributed by atoms with Crippen molar-refractivity contribution in [1.82, 2.24) is 15.5 Å². The third-order valence-corrected chi connectivity index (χ3v) is 4.51. The normalized spacial score (nSPS) is 17.3. The summed E-state index contributed by atoms with van der Waals surface area (Å²) in [5.41, 5.74) is 1.24. The second kappa shape index (κ2) is 8.26. The van der Waals surface area contributed by atoms with Crippen LogP contribution in [0.25, 0.3) is 0 Å². The standard InChI is InChI=1S/C20H25N3O4/c1-4-23-9-5-6-16(11-23)20(25)22-14(3)21-13(2)19(24)15-7-8-17-18(10-15)27-12-26-17/h5,7-11,13-14,21H,4,6,12H2,1-3H3,(H,22,25). The number of carbonyl (C=O) groups excluding carboxylic acids is 2. The van der Waals surface area contributed by atoms with Crippen LogP contribution in [0.5, 0.6) is 11.5 Å². The van der Waals surface area contributed by atoms with Crippen LogP contribution in [0.4, 0.5) is 0 Å². The van der Waals surface area contributed by atoms with Gasteiger partial charge < -0.3 is 19.7 Å². The van der Waals surface area contributed by atoms with Crippen molar-refractivity contribution >= 4 is 11.7 Å². The van der Waals surface area contributed by atoms with Crippen molar-refractivity contribution < 1.29 is 19.1 Å². The van der Waals surface area contributed by atoms with Crippen LogP contribution in [0.1, 0.15) is 37.6 Å². The molecule has 27 heavy (non-hydrogen) atoms. The number of amides is 1. The molecule has 2 unspecified atom stereocenters. The number of nitrogens with one attached hydrogen (secondary N) is 2. The molecule has 2 aliphatic heterocycles. The first-order valence-electron chi connectivity index (χ1n) is 9.11. The minimum Gasteiger partial charge on any atom is -0.454 e. The lowest BCUT2D eigenvalue weighted by Crippen LogP contribution is -2.49. The molecular weight excluding hydrogens is 346 g/mol. The highest BCUT2D eigenvalue weighted by atomic mass is 16.7. The van der Waals surface area contributed by atoms with Crippen LogP contribution in [-0.2, 0) is 4.79 Å². The molecule has 1 aromatic rings. The molecular formula is C20H25N3O4. The van der Waals surface area contributed by atoms with E-state index in [2.05, 4.69) is 10.6 Å². The zero-order valence-corrected chi connectivity index (χ0v) is 15.8. The number of hydrogen-bond acceptors (Lipinski definition) is 6. The molecule has 1 amide bonds. The lowest BCUT2D eigenvalue weighted by atomic mass is 10.0. The average Bonchev–Trinajstić information content (AvgIpc) is 3.15. The second-order valence-electron chi connectivity index (χ2n) is 6.59. The zero-order chi connectivity index (χ0) is 19.4. The molecule has 0 fully saturated rings. The minimum absolute atomic E-state index is 0.0774. The van der Waals surface area contributed by atoms with E-state index in [0.29, 0.717) is 29.1 Å². The number of benzene rings is 1. The number of fused-ring (bicyclic) bond motifs is 1. The van der Waals surface area contributed by atoms with Gasteiger partial charge in [-0.15, -0.1) is 0 Å². The highest BCUT2D eigenvalue weighted by Crippen LogP contribution is 2.32. The highest BCUT2D eigenvalue weighted by molar-refractivity contribution is 6.00. The Labute approximate surface area is 159 Å². The summed E-state index contributed by atoms with van der Waals surface area (Å²) in [6.07, 6.45) is 6.02. The van der Waals surface area contributed by atoms with Gasteiger partial charge in [-0.3, -0.25) is 14.9 Å². The third kappa shape index (κ3) is 4.49. The fraction of sp³-hybridized carbons (Fsp3) is 0.400. The predicted molar refractivity (Wildman–Crippen MR) is 101 cm³/mol. The number of rotatable bonds is 7. The number of hydrogen-bond donors (Lipinski definition) is 2. The molecule has 3 rings (SSSR count). The molecule has 0 radical (unpaired) electrons. The molecule has 1 aromatic carbocycles. The highest BCUT2D eigenvalue weighted by Gasteiger charge is 2.22. The quantitative estimate of drug-likeness (QED) is 0.565. The molecule has 7 heteroatoms. The van der Waals surface area contributed by atoms with Gasteiger partial charge in [-0.2, -0.15) is 0 Å². The third-order valence-electron chi connectivity index (χ3n) is 4.51. The number of Topliss-reactive ketones (excluding diaryl/α,β-unsaturated/α-hetero) is 1. The molecule has 144 valence electrons. The van der Waals surface area contributed by atoms with Gasteiger partial charge >= 0.3 is 0 Å². The molecule has 2 N–H and O–H groups in total. The monoisotopic (exact) mass is 371 g/mol. The fourth-order valence-corrected chi connectivity index (χ4v) is 3.04. The smallest absolute Gasteiger partial charge is 0.250 e. The van der Waals surface area contributed by atoms with E-state index in [-0.39, 0.29) is 24.6 Å². The van der Waals surface area contributed by atoms with Gasteiger partial charge in [0.05, 0.1) is 12.2 Å². The van der Waals surface area contributed by atoms with Gasteiger partial charge in [0.2, 0.25) is 12.7 Å². The number of ketones is 1. The van der Waals surface area contributed by atoms with Gasteiger partial charge in [-0.1, -0.05) is 6.08 Å². The lowest BCUT2D eigenvalue weighted by Gasteiger charge is -2.23. The average molecular weight is 371 g/mol. The Hall–Kier alpha value is -2.80. The Bertz CT molecular complexity index is 787. The summed E-state index contributed by atoms with van der Waals surface area (Å²) < 4.78 is 10.6. The van der Waals surface area contributed by atoms with Gasteiger partial charge in [-0.25, -0.2) is 0 Å². The Kier molecular flexibility index (Phi) is 5.81. The molecule has 0 bridgehead atoms. The largest absolute Gasteiger partial charge is 0.454 e. The first-order chi connectivity index (χ1) is 13.0. The van der Waals surface area contributed by atoms with E-state index < -0.39 is 6.04 Å². The first kappa shape index (κ1) is 19.0. The molecule has 0 aliphatic carbocycles. The molecule has 0 saturated heterocycles. The van der Waals surface area contributed by atoms with Gasteiger partial charge in [0.15, 0.2) is 17.3 Å². The van der Waals surface area contributed by atoms with E-state index in [9.17, 15) is 9.59 Å². The van der Waals surface area contributed by atoms with Crippen molar-refractivity contribution in [2.45, 2.75) is 39.4 Å². The predicted octanol–water partition coefficient (Wildman–Crippen LogP) is 2.16. The van der Waals surface area contributed by atoms with Crippen LogP contribution in [0, 0.1) is 0 Å². The van der Waals surface area contributed by atoms with E-state index in [1.165, 1.54) is 0 Å². The van der Waals surface area contributed by atoms with Crippen molar-refractivity contribution in [3.63, 3.8) is 0 Å². The lowest BCUT2D eigenvalue weighted by molar-refractivity contribution is -0.118. The Balaban J connectivity index is 1.55. The van der Waals surface area contributed by atoms with Gasteiger partial charge in [0.1, 0.15) is 0 Å². The van der Waals surface area contributed by atoms with Gasteiger partial charge in [0, 0.05) is 23.9 Å². The molecule has 2 atom stereocenters. The molecule has 0 spiro atoms. The molecule has 0 aromatic heterocycles. The number of nitrogens with zero attached hydrogens (tertiary/aromatic N) is 1. The van der Waals surface area contributed by atoms with Crippen LogP contribution in [0.3, 0.4) is 0 Å². The minimum atomic E-state index is -0.465. The van der Waals surface area contributed by atoms with Crippen LogP contribution in [-0.4, -0.2) is 42.1 Å². The van der Waals surface area contributed by atoms with Crippen LogP contribution < -0.4 is 20.1 Å². The van der Waals surface area contributed by atoms with Crippen LogP contribution in [0.2, 0.25) is 0 Å². The number of carbonyl (C=O) groups is 2. The van der Waals surface area contributed by atoms with Crippen LogP contribution in [0.15, 0.2) is 42.2 Å². The van der Waals surface area contributed by atoms with Crippen molar-refractivity contribution in [1.29, 1.82) is 0 Å². The Morgan fingerprint density at radius 1 is 1.22 bits per heavy atom. The zero-order valence-electron chi connectivity index (χ0n) is 15.8. The first-order valence-corrected chi connectivity index (χ1v) is 9.11. The summed E-state index contributed by atoms with van der Waals surface area (Å²) >= 11 is 0. The summed E-state index contributed by atoms with van der Waals surface area (Å²) in [5.74, 6) is 1.00. The van der Waals surface area contributed by atoms with Crippen molar-refractivity contribution in [3.05, 3.63) is 47.8 Å². The van der Waals surface area contributed by atoms with E-state index >= 15 is 0 Å². The van der Waals surface area contributed by atoms with Crippen molar-refractivity contribution in [2.24, 2.45) is 0 Å². The summed E-state index contributed by atoms with van der Waals surface area (Å²) in [6, 6.07) is 4.67. The summed E-state index contributed by atoms with van der Waals surface area (Å²) in [6.45, 7) is 6.59. The van der Waals surface area contributed by atoms with E-state index in [1.807, 2.05) is 37.2 Å². The number of allylic oxidation sites excluding steroid dienone is 1. The summed E-state index contributed by atoms with van der Waals surface area (Å²) in [4.78, 5) is 27.0. The maximum atomic E-state index is 12.7. The molecule has 7 nitrogen and oxygen atoms in total. The SMILES string of the molecule is CCN1C=CCC(C(=O)NC(C)NC(C)C(=O)c2ccc3c(c2)OCO3)=C1. The number of ether oxygens (including phenoxy) is 2. The maximum absolute atomic E-state index is 12.7. The molecule has 0 saturated carbocycles. The van der Waals surface area contributed by atoms with Gasteiger partial charge in [0.25, 0.3) is 0 Å². The van der Waals surface area contributed by atoms with E-state index in [1.54, 1.807) is 25.1 Å². The Morgan fingerprint density at radius 3 is 2.78 bits per heavy atom. The summed E-state index contributed by atoms with van der Waals surface area (Å²) in [5, 5.41) is 6.03. The second-order valence-corrected chi connectivity index (χ2v) is 6.59. The van der Waals surface area contributed by atoms with E-state index in [4.69, 9.17) is 9.47 Å². The summed E-state index contributed by atoms with van der Waals surface area (Å²) in [7, 11) is 0. The topological polar surface area (TPSA) is 79.9 Å². The maximum Gasteiger partial charge on any atom is 0.250 e. The van der Waals surface area contributed by atoms with Gasteiger partial charge in [-0.05, 0) is 51.6 Å². The fourth-order valence-electron chi connectivity index (χ4n) is 3.04. The van der Waals surface area contributed by atoms with Crippen molar-refractivity contribution in [2.75, 3.05) is 13.3 Å². The van der Waals surface area contributed by atoms with Crippen LogP contribution >= 0.6 is 0 Å². The van der Waals surface area contributed by atoms with E-state index in [0.717, 1.165) is 6.54 Å². The Morgan fingerprint density at radius 2 is 2.00 bits per heavy atom. The molecule has 2 heterocycles.